The first-order valence-corrected chi connectivity index (χ1v) is 6.75. The van der Waals surface area contributed by atoms with Gasteiger partial charge >= 0.3 is 11.6 Å². The molecule has 1 heterocycles. The molecule has 0 radical (unpaired) electrons. The van der Waals surface area contributed by atoms with Gasteiger partial charge in [-0.15, -0.1) is 0 Å². The monoisotopic (exact) mass is 302 g/mol. The van der Waals surface area contributed by atoms with Gasteiger partial charge in [0.15, 0.2) is 0 Å². The average Bonchev–Trinajstić information content (AvgIpc) is 2.49. The zero-order valence-electron chi connectivity index (χ0n) is 10.6. The second-order valence-electron chi connectivity index (χ2n) is 4.13. The van der Waals surface area contributed by atoms with Gasteiger partial charge in [-0.25, -0.2) is 10.1 Å². The van der Waals surface area contributed by atoms with Gasteiger partial charge in [0, 0.05) is 10.6 Å². The van der Waals surface area contributed by atoms with E-state index in [0.717, 1.165) is 17.7 Å². The maximum atomic E-state index is 12.0. The molecule has 3 aromatic rings. The fourth-order valence-electron chi connectivity index (χ4n) is 1.84. The summed E-state index contributed by atoms with van der Waals surface area (Å²) >= 11 is 0.737. The Morgan fingerprint density at radius 2 is 2.00 bits per heavy atom. The second kappa shape index (κ2) is 5.96. The van der Waals surface area contributed by atoms with Crippen LogP contribution in [0.2, 0.25) is 0 Å². The number of fused-ring (bicyclic) bond motifs is 1. The number of hydrogen-bond donors (Lipinski definition) is 2. The van der Waals surface area contributed by atoms with E-state index in [9.17, 15) is 4.79 Å². The summed E-state index contributed by atoms with van der Waals surface area (Å²) in [5.74, 6) is 0. The molecule has 0 saturated carbocycles. The Bertz CT molecular complexity index is 820. The summed E-state index contributed by atoms with van der Waals surface area (Å²) in [5.41, 5.74) is 0.749. The third-order valence-electron chi connectivity index (χ3n) is 2.76. The number of para-hydroxylation sites is 1. The lowest BCUT2D eigenvalue weighted by Crippen LogP contribution is -2.05. The summed E-state index contributed by atoms with van der Waals surface area (Å²) in [6, 6.07) is 14.3. The lowest BCUT2D eigenvalue weighted by atomic mass is 10.2. The summed E-state index contributed by atoms with van der Waals surface area (Å²) in [4.78, 5) is 16.8. The van der Waals surface area contributed by atoms with Crippen LogP contribution in [0, 0.1) is 0 Å². The number of hydrogen-bond acceptors (Lipinski definition) is 7. The molecule has 2 aromatic carbocycles. The maximum Gasteiger partial charge on any atom is 0.348 e. The van der Waals surface area contributed by atoms with Crippen molar-refractivity contribution in [3.05, 3.63) is 59.0 Å². The summed E-state index contributed by atoms with van der Waals surface area (Å²) in [6.45, 7) is 0. The van der Waals surface area contributed by atoms with Crippen LogP contribution >= 0.6 is 12.0 Å². The zero-order valence-corrected chi connectivity index (χ0v) is 11.5. The van der Waals surface area contributed by atoms with Crippen LogP contribution in [0.5, 0.6) is 0 Å². The second-order valence-corrected chi connectivity index (χ2v) is 4.92. The minimum absolute atomic E-state index is 0.123. The van der Waals surface area contributed by atoms with Crippen molar-refractivity contribution in [3.63, 3.8) is 0 Å². The number of benzene rings is 2. The van der Waals surface area contributed by atoms with Gasteiger partial charge in [0.25, 0.3) is 0 Å². The minimum atomic E-state index is -0.515. The standard InChI is InChI=1S/C14H10N2O4S/c17-13-11-8-10(21-20-18)6-7-12(11)16-14(19-13)15-9-4-2-1-3-5-9/h1-8,18H,(H,15,16). The first-order chi connectivity index (χ1) is 10.3. The third-order valence-corrected chi connectivity index (χ3v) is 3.28. The van der Waals surface area contributed by atoms with Crippen molar-refractivity contribution in [2.45, 2.75) is 4.90 Å². The first kappa shape index (κ1) is 13.6. The third kappa shape index (κ3) is 3.05. The molecule has 2 N–H and O–H groups in total. The SMILES string of the molecule is O=c1oc(Nc2ccccc2)nc2ccc(SOO)cc12. The predicted octanol–water partition coefficient (Wildman–Crippen LogP) is 3.43. The van der Waals surface area contributed by atoms with Gasteiger partial charge in [0.05, 0.1) is 22.9 Å². The van der Waals surface area contributed by atoms with E-state index in [0.29, 0.717) is 15.8 Å². The van der Waals surface area contributed by atoms with Crippen molar-refractivity contribution >= 4 is 34.6 Å². The fourth-order valence-corrected chi connectivity index (χ4v) is 2.22. The molecule has 0 fully saturated rings. The molecule has 0 bridgehead atoms. The Kier molecular flexibility index (Phi) is 3.87. The molecule has 1 aromatic heterocycles. The zero-order chi connectivity index (χ0) is 14.7. The summed E-state index contributed by atoms with van der Waals surface area (Å²) < 4.78 is 9.11. The minimum Gasteiger partial charge on any atom is -0.388 e. The molecular weight excluding hydrogens is 292 g/mol. The first-order valence-electron chi connectivity index (χ1n) is 6.01. The van der Waals surface area contributed by atoms with Crippen LogP contribution in [-0.2, 0) is 4.33 Å². The van der Waals surface area contributed by atoms with Gasteiger partial charge in [-0.1, -0.05) is 18.2 Å². The molecule has 0 aliphatic heterocycles. The molecule has 0 aliphatic rings. The van der Waals surface area contributed by atoms with E-state index in [1.165, 1.54) is 0 Å². The van der Waals surface area contributed by atoms with E-state index < -0.39 is 5.63 Å². The highest BCUT2D eigenvalue weighted by molar-refractivity contribution is 7.94. The molecule has 0 saturated heterocycles. The summed E-state index contributed by atoms with van der Waals surface area (Å²) in [7, 11) is 0. The lowest BCUT2D eigenvalue weighted by molar-refractivity contribution is -0.116. The Balaban J connectivity index is 1.99. The largest absolute Gasteiger partial charge is 0.388 e. The predicted molar refractivity (Wildman–Crippen MR) is 79.6 cm³/mol. The molecule has 21 heavy (non-hydrogen) atoms. The quantitative estimate of drug-likeness (QED) is 0.434. The highest BCUT2D eigenvalue weighted by Crippen LogP contribution is 2.22. The Hall–Kier alpha value is -2.35. The van der Waals surface area contributed by atoms with E-state index in [4.69, 9.17) is 9.67 Å². The molecule has 3 rings (SSSR count). The Labute approximate surface area is 123 Å². The van der Waals surface area contributed by atoms with E-state index in [1.807, 2.05) is 30.3 Å². The number of rotatable bonds is 4. The Morgan fingerprint density at radius 3 is 2.76 bits per heavy atom. The molecule has 6 nitrogen and oxygen atoms in total. The van der Waals surface area contributed by atoms with E-state index in [2.05, 4.69) is 14.6 Å². The van der Waals surface area contributed by atoms with Crippen LogP contribution in [0.4, 0.5) is 11.7 Å². The maximum absolute atomic E-state index is 12.0. The van der Waals surface area contributed by atoms with Crippen molar-refractivity contribution in [1.82, 2.24) is 4.98 Å². The number of nitrogens with one attached hydrogen (secondary N) is 1. The van der Waals surface area contributed by atoms with E-state index in [-0.39, 0.29) is 6.01 Å². The number of aromatic nitrogens is 1. The molecule has 0 spiro atoms. The molecular formula is C14H10N2O4S. The lowest BCUT2D eigenvalue weighted by Gasteiger charge is -2.05. The Morgan fingerprint density at radius 1 is 1.19 bits per heavy atom. The summed E-state index contributed by atoms with van der Waals surface area (Å²) in [6.07, 6.45) is 0. The molecule has 106 valence electrons. The molecule has 0 atom stereocenters. The van der Waals surface area contributed by atoms with Gasteiger partial charge in [-0.2, -0.15) is 9.32 Å². The van der Waals surface area contributed by atoms with E-state index in [1.54, 1.807) is 18.2 Å². The highest BCUT2D eigenvalue weighted by atomic mass is 32.2. The van der Waals surface area contributed by atoms with Crippen molar-refractivity contribution in [1.29, 1.82) is 0 Å². The van der Waals surface area contributed by atoms with E-state index >= 15 is 0 Å². The average molecular weight is 302 g/mol. The van der Waals surface area contributed by atoms with Gasteiger partial charge < -0.3 is 9.73 Å². The molecule has 0 aliphatic carbocycles. The highest BCUT2D eigenvalue weighted by Gasteiger charge is 2.08. The van der Waals surface area contributed by atoms with Crippen molar-refractivity contribution in [2.24, 2.45) is 0 Å². The van der Waals surface area contributed by atoms with Gasteiger partial charge in [0.1, 0.15) is 0 Å². The van der Waals surface area contributed by atoms with Crippen LogP contribution in [0.3, 0.4) is 0 Å². The van der Waals surface area contributed by atoms with Crippen molar-refractivity contribution in [2.75, 3.05) is 5.32 Å². The van der Waals surface area contributed by atoms with Crippen LogP contribution in [0.25, 0.3) is 10.9 Å². The van der Waals surface area contributed by atoms with Crippen molar-refractivity contribution in [3.8, 4) is 0 Å². The molecule has 7 heteroatoms. The van der Waals surface area contributed by atoms with Crippen molar-refractivity contribution < 1.29 is 14.0 Å². The van der Waals surface area contributed by atoms with Gasteiger partial charge in [-0.3, -0.25) is 0 Å². The normalized spacial score (nSPS) is 10.7. The smallest absolute Gasteiger partial charge is 0.348 e. The van der Waals surface area contributed by atoms with Crippen LogP contribution in [0.1, 0.15) is 0 Å². The van der Waals surface area contributed by atoms with Crippen LogP contribution in [-0.4, -0.2) is 10.2 Å². The number of anilines is 2. The summed E-state index contributed by atoms with van der Waals surface area (Å²) in [5, 5.41) is 11.6. The fraction of sp³-hybridized carbons (Fsp3) is 0. The molecule has 0 amide bonds. The van der Waals surface area contributed by atoms with Gasteiger partial charge in [-0.05, 0) is 30.3 Å². The number of nitrogens with zero attached hydrogens (tertiary/aromatic N) is 1. The van der Waals surface area contributed by atoms with Gasteiger partial charge in [0.2, 0.25) is 0 Å². The molecule has 0 unspecified atom stereocenters. The van der Waals surface area contributed by atoms with Crippen LogP contribution < -0.4 is 10.9 Å². The topological polar surface area (TPSA) is 84.6 Å². The van der Waals surface area contributed by atoms with Crippen LogP contribution in [0.15, 0.2) is 62.6 Å².